The third kappa shape index (κ3) is 9.79. The highest BCUT2D eigenvalue weighted by molar-refractivity contribution is 4.96. The van der Waals surface area contributed by atoms with E-state index in [1.165, 1.54) is 44.1 Å². The number of unbranched alkanes of at least 4 members (excludes halogenated alkanes) is 2. The largest absolute Gasteiger partial charge is 0.381 e. The third-order valence-corrected chi connectivity index (χ3v) is 2.30. The van der Waals surface area contributed by atoms with Crippen LogP contribution in [0, 0.1) is 0 Å². The topological polar surface area (TPSA) is 9.23 Å². The van der Waals surface area contributed by atoms with Crippen molar-refractivity contribution in [1.82, 2.24) is 0 Å². The van der Waals surface area contributed by atoms with Crippen LogP contribution in [0.2, 0.25) is 0 Å². The lowest BCUT2D eigenvalue weighted by atomic mass is 10.1. The second kappa shape index (κ2) is 10.8. The molecule has 0 saturated heterocycles. The molecule has 84 valence electrons. The maximum absolute atomic E-state index is 5.50. The van der Waals surface area contributed by atoms with Crippen molar-refractivity contribution in [3.63, 3.8) is 0 Å². The Hall–Kier alpha value is -0.300. The van der Waals surface area contributed by atoms with Gasteiger partial charge in [-0.15, -0.1) is 0 Å². The smallest absolute Gasteiger partial charge is 0.0466 e. The first-order valence-electron chi connectivity index (χ1n) is 6.04. The summed E-state index contributed by atoms with van der Waals surface area (Å²) in [6.07, 6.45) is 9.64. The molecule has 0 amide bonds. The van der Waals surface area contributed by atoms with Crippen LogP contribution in [0.25, 0.3) is 0 Å². The molecule has 0 unspecified atom stereocenters. The van der Waals surface area contributed by atoms with E-state index in [0.717, 1.165) is 13.2 Å². The number of rotatable bonds is 9. The summed E-state index contributed by atoms with van der Waals surface area (Å²) in [6.45, 7) is 8.50. The van der Waals surface area contributed by atoms with Crippen LogP contribution in [0.5, 0.6) is 0 Å². The van der Waals surface area contributed by atoms with Crippen LogP contribution in [0.1, 0.15) is 59.3 Å². The van der Waals surface area contributed by atoms with E-state index in [0.29, 0.717) is 0 Å². The predicted molar refractivity (Wildman–Crippen MR) is 63.6 cm³/mol. The van der Waals surface area contributed by atoms with E-state index in [1.54, 1.807) is 0 Å². The molecular formula is C13H26O. The highest BCUT2D eigenvalue weighted by Crippen LogP contribution is 2.07. The minimum atomic E-state index is 0.944. The molecular weight excluding hydrogens is 172 g/mol. The third-order valence-electron chi connectivity index (χ3n) is 2.30. The lowest BCUT2D eigenvalue weighted by Gasteiger charge is -2.03. The zero-order valence-corrected chi connectivity index (χ0v) is 10.1. The van der Waals surface area contributed by atoms with E-state index in [2.05, 4.69) is 26.8 Å². The van der Waals surface area contributed by atoms with Crippen LogP contribution in [0.3, 0.4) is 0 Å². The summed E-state index contributed by atoms with van der Waals surface area (Å²) in [5.41, 5.74) is 1.53. The van der Waals surface area contributed by atoms with Crippen molar-refractivity contribution in [2.24, 2.45) is 0 Å². The molecule has 14 heavy (non-hydrogen) atoms. The molecule has 0 radical (unpaired) electrons. The Morgan fingerprint density at radius 1 is 1.07 bits per heavy atom. The van der Waals surface area contributed by atoms with Gasteiger partial charge in [-0.1, -0.05) is 31.9 Å². The normalized spacial score (nSPS) is 12.1. The molecule has 0 aliphatic carbocycles. The first-order chi connectivity index (χ1) is 6.81. The molecule has 0 saturated carbocycles. The standard InChI is InChI=1S/C13H26O/c1-4-6-11-14-12-8-7-10-13(3)9-5-2/h9H,4-8,10-12H2,1-3H3/b13-9+. The van der Waals surface area contributed by atoms with Gasteiger partial charge in [-0.25, -0.2) is 0 Å². The minimum absolute atomic E-state index is 0.944. The molecule has 1 heteroatoms. The number of hydrogen-bond donors (Lipinski definition) is 0. The van der Waals surface area contributed by atoms with Crippen LogP contribution in [-0.2, 0) is 4.74 Å². The first-order valence-corrected chi connectivity index (χ1v) is 6.04. The Morgan fingerprint density at radius 3 is 2.43 bits per heavy atom. The van der Waals surface area contributed by atoms with Gasteiger partial charge < -0.3 is 4.74 Å². The molecule has 0 bridgehead atoms. The van der Waals surface area contributed by atoms with Crippen molar-refractivity contribution < 1.29 is 4.74 Å². The van der Waals surface area contributed by atoms with Gasteiger partial charge >= 0.3 is 0 Å². The lowest BCUT2D eigenvalue weighted by Crippen LogP contribution is -1.96. The van der Waals surface area contributed by atoms with E-state index in [1.807, 2.05) is 0 Å². The van der Waals surface area contributed by atoms with Gasteiger partial charge in [-0.2, -0.15) is 0 Å². The van der Waals surface area contributed by atoms with Gasteiger partial charge in [-0.05, 0) is 39.0 Å². The molecule has 0 fully saturated rings. The average Bonchev–Trinajstić information content (AvgIpc) is 2.17. The lowest BCUT2D eigenvalue weighted by molar-refractivity contribution is 0.127. The van der Waals surface area contributed by atoms with Crippen molar-refractivity contribution in [3.05, 3.63) is 11.6 Å². The molecule has 0 aliphatic rings. The number of hydrogen-bond acceptors (Lipinski definition) is 1. The minimum Gasteiger partial charge on any atom is -0.381 e. The Labute approximate surface area is 89.5 Å². The summed E-state index contributed by atoms with van der Waals surface area (Å²) in [6, 6.07) is 0. The van der Waals surface area contributed by atoms with Crippen molar-refractivity contribution in [3.8, 4) is 0 Å². The van der Waals surface area contributed by atoms with E-state index in [-0.39, 0.29) is 0 Å². The summed E-state index contributed by atoms with van der Waals surface area (Å²) >= 11 is 0. The fraction of sp³-hybridized carbons (Fsp3) is 0.846. The van der Waals surface area contributed by atoms with Gasteiger partial charge in [0.25, 0.3) is 0 Å². The molecule has 0 rings (SSSR count). The molecule has 0 atom stereocenters. The molecule has 0 N–H and O–H groups in total. The molecule has 0 aromatic heterocycles. The van der Waals surface area contributed by atoms with E-state index >= 15 is 0 Å². The molecule has 0 heterocycles. The second-order valence-electron chi connectivity index (χ2n) is 3.88. The van der Waals surface area contributed by atoms with Crippen molar-refractivity contribution in [1.29, 1.82) is 0 Å². The van der Waals surface area contributed by atoms with Crippen LogP contribution in [0.4, 0.5) is 0 Å². The Bertz CT molecular complexity index is 138. The monoisotopic (exact) mass is 198 g/mol. The highest BCUT2D eigenvalue weighted by Gasteiger charge is 1.91. The zero-order chi connectivity index (χ0) is 10.6. The zero-order valence-electron chi connectivity index (χ0n) is 10.1. The molecule has 0 aromatic rings. The maximum Gasteiger partial charge on any atom is 0.0466 e. The fourth-order valence-electron chi connectivity index (χ4n) is 1.41. The average molecular weight is 198 g/mol. The van der Waals surface area contributed by atoms with Gasteiger partial charge in [-0.3, -0.25) is 0 Å². The van der Waals surface area contributed by atoms with Crippen LogP contribution in [-0.4, -0.2) is 13.2 Å². The van der Waals surface area contributed by atoms with Crippen LogP contribution in [0.15, 0.2) is 11.6 Å². The van der Waals surface area contributed by atoms with Crippen molar-refractivity contribution >= 4 is 0 Å². The van der Waals surface area contributed by atoms with Gasteiger partial charge in [0, 0.05) is 13.2 Å². The SMILES string of the molecule is CC/C=C(\C)CCCCOCCCC. The van der Waals surface area contributed by atoms with Gasteiger partial charge in [0.05, 0.1) is 0 Å². The maximum atomic E-state index is 5.50. The molecule has 0 spiro atoms. The highest BCUT2D eigenvalue weighted by atomic mass is 16.5. The molecule has 0 aromatic carbocycles. The van der Waals surface area contributed by atoms with Gasteiger partial charge in [0.15, 0.2) is 0 Å². The first kappa shape index (κ1) is 13.7. The quantitative estimate of drug-likeness (QED) is 0.396. The van der Waals surface area contributed by atoms with Gasteiger partial charge in [0.2, 0.25) is 0 Å². The van der Waals surface area contributed by atoms with Crippen molar-refractivity contribution in [2.75, 3.05) is 13.2 Å². The van der Waals surface area contributed by atoms with Crippen LogP contribution >= 0.6 is 0 Å². The molecule has 0 aliphatic heterocycles. The van der Waals surface area contributed by atoms with E-state index in [9.17, 15) is 0 Å². The summed E-state index contributed by atoms with van der Waals surface area (Å²) in [7, 11) is 0. The number of ether oxygens (including phenoxy) is 1. The Kier molecular flexibility index (Phi) is 10.5. The van der Waals surface area contributed by atoms with E-state index in [4.69, 9.17) is 4.74 Å². The van der Waals surface area contributed by atoms with E-state index < -0.39 is 0 Å². The summed E-state index contributed by atoms with van der Waals surface area (Å²) in [5.74, 6) is 0. The summed E-state index contributed by atoms with van der Waals surface area (Å²) in [5, 5.41) is 0. The second-order valence-corrected chi connectivity index (χ2v) is 3.88. The Morgan fingerprint density at radius 2 is 1.79 bits per heavy atom. The van der Waals surface area contributed by atoms with Gasteiger partial charge in [0.1, 0.15) is 0 Å². The number of allylic oxidation sites excluding steroid dienone is 2. The van der Waals surface area contributed by atoms with Crippen molar-refractivity contribution in [2.45, 2.75) is 59.3 Å². The fourth-order valence-corrected chi connectivity index (χ4v) is 1.41. The Balaban J connectivity index is 3.09. The summed E-state index contributed by atoms with van der Waals surface area (Å²) in [4.78, 5) is 0. The van der Waals surface area contributed by atoms with Crippen LogP contribution < -0.4 is 0 Å². The molecule has 1 nitrogen and oxygen atoms in total. The summed E-state index contributed by atoms with van der Waals surface area (Å²) < 4.78 is 5.50. The predicted octanol–water partition coefficient (Wildman–Crippen LogP) is 4.33.